The Kier molecular flexibility index (Phi) is 3.81. The van der Waals surface area contributed by atoms with Gasteiger partial charge >= 0.3 is 0 Å². The van der Waals surface area contributed by atoms with Crippen LogP contribution in [-0.2, 0) is 5.41 Å². The van der Waals surface area contributed by atoms with Gasteiger partial charge in [0.1, 0.15) is 0 Å². The van der Waals surface area contributed by atoms with Gasteiger partial charge in [-0.3, -0.25) is 0 Å². The molecule has 0 bridgehead atoms. The Morgan fingerprint density at radius 2 is 2.05 bits per heavy atom. The molecule has 1 aromatic carbocycles. The molecule has 1 unspecified atom stereocenters. The fourth-order valence-electron chi connectivity index (χ4n) is 2.91. The highest BCUT2D eigenvalue weighted by molar-refractivity contribution is 5.60. The van der Waals surface area contributed by atoms with E-state index in [1.54, 1.807) is 0 Å². The molecule has 0 radical (unpaired) electrons. The first-order chi connectivity index (χ1) is 10.1. The van der Waals surface area contributed by atoms with E-state index in [1.807, 2.05) is 6.07 Å². The lowest BCUT2D eigenvalue weighted by Crippen LogP contribution is -2.28. The highest BCUT2D eigenvalue weighted by Crippen LogP contribution is 2.32. The van der Waals surface area contributed by atoms with Crippen LogP contribution in [0.15, 0.2) is 28.8 Å². The molecule has 0 saturated carbocycles. The summed E-state index contributed by atoms with van der Waals surface area (Å²) in [4.78, 5) is 4.66. The molecular weight excluding hydrogens is 262 g/mol. The summed E-state index contributed by atoms with van der Waals surface area (Å²) < 4.78 is 5.55. The zero-order valence-electron chi connectivity index (χ0n) is 13.0. The number of benzene rings is 1. The van der Waals surface area contributed by atoms with Crippen molar-refractivity contribution in [2.45, 2.75) is 44.9 Å². The van der Waals surface area contributed by atoms with Crippen LogP contribution >= 0.6 is 0 Å². The van der Waals surface area contributed by atoms with Crippen molar-refractivity contribution in [2.24, 2.45) is 0 Å². The summed E-state index contributed by atoms with van der Waals surface area (Å²) in [5.74, 6) is 1.85. The summed E-state index contributed by atoms with van der Waals surface area (Å²) >= 11 is 0. The average molecular weight is 285 g/mol. The highest BCUT2D eigenvalue weighted by atomic mass is 16.5. The van der Waals surface area contributed by atoms with E-state index in [4.69, 9.17) is 4.52 Å². The van der Waals surface area contributed by atoms with Crippen molar-refractivity contribution in [3.63, 3.8) is 0 Å². The number of rotatable bonds is 2. The minimum Gasteiger partial charge on any atom is -0.334 e. The molecule has 1 fully saturated rings. The van der Waals surface area contributed by atoms with Gasteiger partial charge in [-0.1, -0.05) is 44.1 Å². The first-order valence-electron chi connectivity index (χ1n) is 7.70. The van der Waals surface area contributed by atoms with Crippen LogP contribution in [0.25, 0.3) is 11.5 Å². The summed E-state index contributed by atoms with van der Waals surface area (Å²) in [5.41, 5.74) is 2.34. The van der Waals surface area contributed by atoms with E-state index < -0.39 is 0 Å². The number of hydrogen-bond acceptors (Lipinski definition) is 4. The van der Waals surface area contributed by atoms with Crippen LogP contribution in [0.2, 0.25) is 0 Å². The summed E-state index contributed by atoms with van der Waals surface area (Å²) in [6.07, 6.45) is 2.31. The van der Waals surface area contributed by atoms with Crippen LogP contribution < -0.4 is 5.32 Å². The normalized spacial score (nSPS) is 19.7. The molecule has 1 N–H and O–H groups in total. The molecule has 4 nitrogen and oxygen atoms in total. The maximum Gasteiger partial charge on any atom is 0.258 e. The maximum absolute atomic E-state index is 5.55. The first-order valence-corrected chi connectivity index (χ1v) is 7.70. The minimum absolute atomic E-state index is 0.0532. The van der Waals surface area contributed by atoms with E-state index in [-0.39, 0.29) is 5.41 Å². The molecule has 0 spiro atoms. The lowest BCUT2D eigenvalue weighted by atomic mass is 9.84. The number of nitrogens with one attached hydrogen (secondary N) is 1. The predicted molar refractivity (Wildman–Crippen MR) is 83.3 cm³/mol. The van der Waals surface area contributed by atoms with Crippen LogP contribution in [0.1, 0.15) is 50.9 Å². The van der Waals surface area contributed by atoms with Crippen LogP contribution in [0, 0.1) is 0 Å². The Morgan fingerprint density at radius 1 is 1.24 bits per heavy atom. The third-order valence-electron chi connectivity index (χ3n) is 4.07. The Morgan fingerprint density at radius 3 is 2.76 bits per heavy atom. The zero-order chi connectivity index (χ0) is 14.9. The summed E-state index contributed by atoms with van der Waals surface area (Å²) in [7, 11) is 0. The molecule has 0 amide bonds. The second-order valence-corrected chi connectivity index (χ2v) is 6.80. The van der Waals surface area contributed by atoms with E-state index >= 15 is 0 Å². The van der Waals surface area contributed by atoms with Crippen LogP contribution in [0.5, 0.6) is 0 Å². The van der Waals surface area contributed by atoms with Gasteiger partial charge in [-0.25, -0.2) is 0 Å². The first kappa shape index (κ1) is 14.3. The second kappa shape index (κ2) is 5.60. The van der Waals surface area contributed by atoms with Gasteiger partial charge < -0.3 is 9.84 Å². The Hall–Kier alpha value is -1.68. The van der Waals surface area contributed by atoms with Gasteiger partial charge in [-0.2, -0.15) is 4.98 Å². The number of aromatic nitrogens is 2. The van der Waals surface area contributed by atoms with Crippen molar-refractivity contribution in [1.82, 2.24) is 15.5 Å². The van der Waals surface area contributed by atoms with Gasteiger partial charge in [0.15, 0.2) is 5.82 Å². The molecule has 2 aromatic rings. The molecule has 1 atom stereocenters. The number of hydrogen-bond donors (Lipinski definition) is 1. The molecule has 1 aliphatic heterocycles. The summed E-state index contributed by atoms with van der Waals surface area (Å²) in [5, 5.41) is 7.61. The molecule has 1 aromatic heterocycles. The van der Waals surface area contributed by atoms with Crippen molar-refractivity contribution in [2.75, 3.05) is 13.1 Å². The standard InChI is InChI=1S/C17H23N3O/c1-17(2,3)14-9-5-4-8-13(14)16-19-15(20-21-16)12-7-6-10-18-11-12/h4-5,8-9,12,18H,6-7,10-11H2,1-3H3. The van der Waals surface area contributed by atoms with E-state index in [2.05, 4.69) is 54.4 Å². The Bertz CT molecular complexity index is 606. The van der Waals surface area contributed by atoms with Gasteiger partial charge in [-0.05, 0) is 36.4 Å². The van der Waals surface area contributed by atoms with Crippen molar-refractivity contribution in [3.8, 4) is 11.5 Å². The fourth-order valence-corrected chi connectivity index (χ4v) is 2.91. The molecule has 0 aliphatic carbocycles. The minimum atomic E-state index is 0.0532. The average Bonchev–Trinajstić information content (AvgIpc) is 2.97. The van der Waals surface area contributed by atoms with Gasteiger partial charge in [0.05, 0.1) is 0 Å². The lowest BCUT2D eigenvalue weighted by Gasteiger charge is -2.21. The van der Waals surface area contributed by atoms with Crippen LogP contribution in [0.4, 0.5) is 0 Å². The monoisotopic (exact) mass is 285 g/mol. The van der Waals surface area contributed by atoms with E-state index in [0.717, 1.165) is 30.9 Å². The van der Waals surface area contributed by atoms with Crippen molar-refractivity contribution < 1.29 is 4.52 Å². The summed E-state index contributed by atoms with van der Waals surface area (Å²) in [6, 6.07) is 8.29. The fraction of sp³-hybridized carbons (Fsp3) is 0.529. The van der Waals surface area contributed by atoms with Gasteiger partial charge in [0.2, 0.25) is 0 Å². The molecule has 112 valence electrons. The summed E-state index contributed by atoms with van der Waals surface area (Å²) in [6.45, 7) is 8.64. The SMILES string of the molecule is CC(C)(C)c1ccccc1-c1nc(C2CCCNC2)no1. The third kappa shape index (κ3) is 3.00. The molecule has 4 heteroatoms. The maximum atomic E-state index is 5.55. The van der Waals surface area contributed by atoms with E-state index in [0.29, 0.717) is 11.8 Å². The topological polar surface area (TPSA) is 51.0 Å². The van der Waals surface area contributed by atoms with Crippen LogP contribution in [0.3, 0.4) is 0 Å². The smallest absolute Gasteiger partial charge is 0.258 e. The quantitative estimate of drug-likeness (QED) is 0.917. The van der Waals surface area contributed by atoms with Gasteiger partial charge in [0.25, 0.3) is 5.89 Å². The molecule has 1 aliphatic rings. The lowest BCUT2D eigenvalue weighted by molar-refractivity contribution is 0.392. The largest absolute Gasteiger partial charge is 0.334 e. The van der Waals surface area contributed by atoms with Gasteiger partial charge in [-0.15, -0.1) is 0 Å². The molecule has 2 heterocycles. The van der Waals surface area contributed by atoms with Crippen LogP contribution in [-0.4, -0.2) is 23.2 Å². The van der Waals surface area contributed by atoms with Gasteiger partial charge in [0, 0.05) is 18.0 Å². The molecule has 1 saturated heterocycles. The van der Waals surface area contributed by atoms with Crippen molar-refractivity contribution in [3.05, 3.63) is 35.7 Å². The Labute approximate surface area is 126 Å². The number of nitrogens with zero attached hydrogens (tertiary/aromatic N) is 2. The third-order valence-corrected chi connectivity index (χ3v) is 4.07. The molecule has 21 heavy (non-hydrogen) atoms. The predicted octanol–water partition coefficient (Wildman–Crippen LogP) is 3.50. The zero-order valence-corrected chi connectivity index (χ0v) is 13.0. The van der Waals surface area contributed by atoms with Crippen molar-refractivity contribution >= 4 is 0 Å². The Balaban J connectivity index is 1.93. The molecule has 3 rings (SSSR count). The molecular formula is C17H23N3O. The number of piperidine rings is 1. The second-order valence-electron chi connectivity index (χ2n) is 6.80. The van der Waals surface area contributed by atoms with E-state index in [1.165, 1.54) is 12.0 Å². The van der Waals surface area contributed by atoms with E-state index in [9.17, 15) is 0 Å². The highest BCUT2D eigenvalue weighted by Gasteiger charge is 2.24. The van der Waals surface area contributed by atoms with Crippen molar-refractivity contribution in [1.29, 1.82) is 0 Å².